The van der Waals surface area contributed by atoms with Crippen LogP contribution in [0.5, 0.6) is 11.5 Å². The van der Waals surface area contributed by atoms with Gasteiger partial charge in [0.15, 0.2) is 0 Å². The van der Waals surface area contributed by atoms with Gasteiger partial charge in [-0.25, -0.2) is 0 Å². The van der Waals surface area contributed by atoms with Crippen molar-refractivity contribution in [1.82, 2.24) is 0 Å². The van der Waals surface area contributed by atoms with E-state index >= 15 is 0 Å². The quantitative estimate of drug-likeness (QED) is 0.332. The number of phenolic OH excluding ortho intramolecular Hbond substituents is 2. The van der Waals surface area contributed by atoms with E-state index in [2.05, 4.69) is 25.6 Å². The van der Waals surface area contributed by atoms with E-state index in [-0.39, 0.29) is 46.1 Å². The molecule has 0 aliphatic heterocycles. The summed E-state index contributed by atoms with van der Waals surface area (Å²) in [5.74, 6) is 0.973. The normalized spacial score (nSPS) is 31.2. The van der Waals surface area contributed by atoms with Crippen LogP contribution in [0, 0.1) is 27.4 Å². The first kappa shape index (κ1) is 20.9. The SMILES string of the molecule is CC(C)(CCCCCCO[N+](=O)[O-])c1cc(O)c([C@@]23CC(=O)[C@@H]4C[C@H]2C43C)c(O)c1. The molecule has 0 saturated heterocycles. The van der Waals surface area contributed by atoms with E-state index in [0.717, 1.165) is 37.7 Å². The van der Waals surface area contributed by atoms with E-state index in [9.17, 15) is 25.1 Å². The second kappa shape index (κ2) is 6.86. The van der Waals surface area contributed by atoms with Crippen molar-refractivity contribution < 1.29 is 24.9 Å². The largest absolute Gasteiger partial charge is 0.507 e. The predicted octanol–water partition coefficient (Wildman–Crippen LogP) is 4.40. The molecule has 30 heavy (non-hydrogen) atoms. The zero-order valence-corrected chi connectivity index (χ0v) is 17.9. The van der Waals surface area contributed by atoms with Gasteiger partial charge in [-0.05, 0) is 53.7 Å². The van der Waals surface area contributed by atoms with Crippen LogP contribution in [0.3, 0.4) is 0 Å². The van der Waals surface area contributed by atoms with E-state index in [4.69, 9.17) is 0 Å². The molecule has 0 radical (unpaired) electrons. The molecule has 7 heteroatoms. The van der Waals surface area contributed by atoms with Crippen molar-refractivity contribution in [3.8, 4) is 11.5 Å². The van der Waals surface area contributed by atoms with Gasteiger partial charge >= 0.3 is 0 Å². The second-order valence-corrected chi connectivity index (χ2v) is 10.2. The molecule has 1 aromatic rings. The van der Waals surface area contributed by atoms with Gasteiger partial charge in [-0.3, -0.25) is 4.79 Å². The number of carbonyl (C=O) groups is 1. The Kier molecular flexibility index (Phi) is 4.79. The van der Waals surface area contributed by atoms with Crippen LogP contribution in [0.4, 0.5) is 0 Å². The van der Waals surface area contributed by atoms with Gasteiger partial charge in [-0.1, -0.05) is 40.0 Å². The fourth-order valence-corrected chi connectivity index (χ4v) is 6.61. The summed E-state index contributed by atoms with van der Waals surface area (Å²) in [6.07, 6.45) is 5.57. The Bertz CT molecular complexity index is 873. The summed E-state index contributed by atoms with van der Waals surface area (Å²) in [4.78, 5) is 26.8. The number of nitrogens with zero attached hydrogens (tertiary/aromatic N) is 1. The van der Waals surface area contributed by atoms with Gasteiger partial charge < -0.3 is 15.1 Å². The number of aromatic hydroxyl groups is 2. The Morgan fingerprint density at radius 3 is 2.37 bits per heavy atom. The molecule has 3 aliphatic rings. The average molecular weight is 418 g/mol. The maximum Gasteiger partial charge on any atom is 0.294 e. The molecule has 1 unspecified atom stereocenters. The highest BCUT2D eigenvalue weighted by molar-refractivity contribution is 5.93. The summed E-state index contributed by atoms with van der Waals surface area (Å²) in [5.41, 5.74) is 0.761. The highest BCUT2D eigenvalue weighted by Crippen LogP contribution is 2.89. The minimum absolute atomic E-state index is 0.0883. The van der Waals surface area contributed by atoms with Gasteiger partial charge in [-0.2, -0.15) is 0 Å². The molecule has 3 aliphatic carbocycles. The van der Waals surface area contributed by atoms with Crippen molar-refractivity contribution in [2.45, 2.75) is 76.5 Å². The topological polar surface area (TPSA) is 110 Å². The van der Waals surface area contributed by atoms with Gasteiger partial charge in [0, 0.05) is 23.3 Å². The smallest absolute Gasteiger partial charge is 0.294 e. The fraction of sp³-hybridized carbons (Fsp3) is 0.696. The molecule has 164 valence electrons. The number of Topliss-reactive ketones (excluding diaryl/α,β-unsaturated/α-hetero) is 1. The predicted molar refractivity (Wildman–Crippen MR) is 110 cm³/mol. The summed E-state index contributed by atoms with van der Waals surface area (Å²) < 4.78 is 0. The number of fused-ring (bicyclic) bond motifs is 1. The molecule has 0 aromatic heterocycles. The summed E-state index contributed by atoms with van der Waals surface area (Å²) in [6, 6.07) is 3.54. The summed E-state index contributed by atoms with van der Waals surface area (Å²) in [6.45, 7) is 6.44. The number of unbranched alkanes of at least 4 members (excludes halogenated alkanes) is 3. The Hall–Kier alpha value is -2.31. The van der Waals surface area contributed by atoms with Crippen molar-refractivity contribution in [3.05, 3.63) is 33.4 Å². The summed E-state index contributed by atoms with van der Waals surface area (Å²) >= 11 is 0. The third kappa shape index (κ3) is 2.81. The fourth-order valence-electron chi connectivity index (χ4n) is 6.61. The lowest BCUT2D eigenvalue weighted by Gasteiger charge is -2.30. The highest BCUT2D eigenvalue weighted by Gasteiger charge is 2.89. The van der Waals surface area contributed by atoms with E-state index in [0.29, 0.717) is 24.3 Å². The summed E-state index contributed by atoms with van der Waals surface area (Å²) in [5, 5.41) is 31.2. The lowest BCUT2D eigenvalue weighted by Crippen LogP contribution is -2.31. The number of benzene rings is 1. The van der Waals surface area contributed by atoms with Crippen LogP contribution in [-0.4, -0.2) is 27.7 Å². The molecule has 2 N–H and O–H groups in total. The van der Waals surface area contributed by atoms with E-state index in [1.807, 2.05) is 0 Å². The van der Waals surface area contributed by atoms with Crippen molar-refractivity contribution in [2.24, 2.45) is 17.3 Å². The number of hydrogen-bond acceptors (Lipinski definition) is 6. The van der Waals surface area contributed by atoms with Crippen LogP contribution in [-0.2, 0) is 20.5 Å². The zero-order chi connectivity index (χ0) is 21.9. The molecule has 3 fully saturated rings. The number of carbonyl (C=O) groups excluding carboxylic acids is 1. The van der Waals surface area contributed by atoms with Crippen LogP contribution in [0.2, 0.25) is 0 Å². The highest BCUT2D eigenvalue weighted by atomic mass is 16.9. The number of hydrogen-bond donors (Lipinski definition) is 2. The first-order valence-electron chi connectivity index (χ1n) is 10.9. The monoisotopic (exact) mass is 417 g/mol. The lowest BCUT2D eigenvalue weighted by molar-refractivity contribution is -0.757. The van der Waals surface area contributed by atoms with Crippen molar-refractivity contribution in [3.63, 3.8) is 0 Å². The Balaban J connectivity index is 1.41. The Morgan fingerprint density at radius 1 is 1.20 bits per heavy atom. The molecule has 0 spiro atoms. The molecule has 4 atom stereocenters. The van der Waals surface area contributed by atoms with Crippen LogP contribution < -0.4 is 0 Å². The van der Waals surface area contributed by atoms with Gasteiger partial charge in [0.2, 0.25) is 0 Å². The van der Waals surface area contributed by atoms with E-state index in [1.165, 1.54) is 0 Å². The van der Waals surface area contributed by atoms with Crippen LogP contribution in [0.15, 0.2) is 12.1 Å². The van der Waals surface area contributed by atoms with Crippen molar-refractivity contribution in [1.29, 1.82) is 0 Å². The van der Waals surface area contributed by atoms with Gasteiger partial charge in [0.25, 0.3) is 5.09 Å². The van der Waals surface area contributed by atoms with Crippen molar-refractivity contribution >= 4 is 5.78 Å². The Labute approximate surface area is 176 Å². The first-order valence-corrected chi connectivity index (χ1v) is 10.9. The zero-order valence-electron chi connectivity index (χ0n) is 17.9. The van der Waals surface area contributed by atoms with Crippen LogP contribution in [0.1, 0.15) is 76.8 Å². The van der Waals surface area contributed by atoms with Gasteiger partial charge in [-0.15, -0.1) is 10.1 Å². The maximum absolute atomic E-state index is 12.3. The Morgan fingerprint density at radius 2 is 1.83 bits per heavy atom. The maximum atomic E-state index is 12.3. The molecule has 7 nitrogen and oxygen atoms in total. The number of phenols is 2. The van der Waals surface area contributed by atoms with Crippen LogP contribution >= 0.6 is 0 Å². The third-order valence-electron chi connectivity index (χ3n) is 8.45. The van der Waals surface area contributed by atoms with E-state index < -0.39 is 5.09 Å². The van der Waals surface area contributed by atoms with E-state index in [1.54, 1.807) is 12.1 Å². The first-order chi connectivity index (χ1) is 14.1. The second-order valence-electron chi connectivity index (χ2n) is 10.2. The molecule has 0 amide bonds. The molecule has 0 heterocycles. The summed E-state index contributed by atoms with van der Waals surface area (Å²) in [7, 11) is 0. The third-order valence-corrected chi connectivity index (χ3v) is 8.45. The standard InChI is InChI=1S/C23H31NO6/c1-21(2,8-6-4-5-7-9-30-24(28)29)14-10-16(25)20(17(26)11-14)23-13-18(27)15-12-19(23)22(15,23)3/h10-11,15,19,25-26H,4-9,12-13H2,1-3H3/t15-,19-,22?,23+/m0/s1. The molecule has 0 bridgehead atoms. The number of rotatable bonds is 10. The minimum Gasteiger partial charge on any atom is -0.507 e. The lowest BCUT2D eigenvalue weighted by atomic mass is 9.73. The van der Waals surface area contributed by atoms with Gasteiger partial charge in [0.05, 0.1) is 6.61 Å². The molecule has 1 aromatic carbocycles. The average Bonchev–Trinajstić information content (AvgIpc) is 2.94. The van der Waals surface area contributed by atoms with Crippen molar-refractivity contribution in [2.75, 3.05) is 6.61 Å². The molecule has 3 saturated carbocycles. The minimum atomic E-state index is -0.764. The molecular formula is C23H31NO6. The van der Waals surface area contributed by atoms with Crippen LogP contribution in [0.25, 0.3) is 0 Å². The number of ketones is 1. The molecular weight excluding hydrogens is 386 g/mol. The molecule has 4 rings (SSSR count). The van der Waals surface area contributed by atoms with Gasteiger partial charge in [0.1, 0.15) is 17.3 Å².